The Hall–Kier alpha value is -2.38. The molecule has 1 aromatic heterocycles. The number of nitro benzene ring substituents is 1. The number of rotatable bonds is 5. The minimum absolute atomic E-state index is 0.137. The quantitative estimate of drug-likeness (QED) is 0.620. The molecule has 6 nitrogen and oxygen atoms in total. The monoisotopic (exact) mass is 312 g/mol. The molecule has 22 heavy (non-hydrogen) atoms. The van der Waals surface area contributed by atoms with E-state index in [0.717, 1.165) is 17.3 Å². The van der Waals surface area contributed by atoms with Crippen molar-refractivity contribution in [3.05, 3.63) is 52.6 Å². The summed E-state index contributed by atoms with van der Waals surface area (Å²) in [6.07, 6.45) is 2.58. The molecule has 0 N–H and O–H groups in total. The van der Waals surface area contributed by atoms with Crippen molar-refractivity contribution in [1.29, 1.82) is 0 Å². The molecule has 8 heteroatoms. The number of nitro groups is 1. The summed E-state index contributed by atoms with van der Waals surface area (Å²) in [5.41, 5.74) is 0.137. The second kappa shape index (κ2) is 8.81. The van der Waals surface area contributed by atoms with E-state index < -0.39 is 11.5 Å². The Morgan fingerprint density at radius 1 is 1.32 bits per heavy atom. The summed E-state index contributed by atoms with van der Waals surface area (Å²) >= 11 is 0. The fourth-order valence-electron chi connectivity index (χ4n) is 1.58. The number of aromatic nitrogens is 3. The van der Waals surface area contributed by atoms with E-state index in [0.29, 0.717) is 18.2 Å². The van der Waals surface area contributed by atoms with Crippen molar-refractivity contribution >= 4 is 5.69 Å². The summed E-state index contributed by atoms with van der Waals surface area (Å²) in [7, 11) is 0. The van der Waals surface area contributed by atoms with E-state index in [4.69, 9.17) is 0 Å². The Labute approximate surface area is 126 Å². The van der Waals surface area contributed by atoms with Crippen LogP contribution in [0.3, 0.4) is 0 Å². The lowest BCUT2D eigenvalue weighted by Gasteiger charge is -2.08. The first-order chi connectivity index (χ1) is 10.5. The number of alkyl halides is 2. The van der Waals surface area contributed by atoms with Crippen LogP contribution in [-0.4, -0.2) is 19.7 Å². The van der Waals surface area contributed by atoms with E-state index in [1.54, 1.807) is 18.2 Å². The molecule has 0 amide bonds. The Kier molecular flexibility index (Phi) is 7.07. The summed E-state index contributed by atoms with van der Waals surface area (Å²) in [6.45, 7) is 1.49. The van der Waals surface area contributed by atoms with Crippen molar-refractivity contribution in [2.45, 2.75) is 33.2 Å². The zero-order valence-corrected chi connectivity index (χ0v) is 12.4. The van der Waals surface area contributed by atoms with Gasteiger partial charge < -0.3 is 0 Å². The SMILES string of the molecule is CCC(C)Cc1nncn1C(F)F.O=[N+]([O-])c1ccccc1. The fraction of sp³-hybridized carbons (Fsp3) is 0.429. The van der Waals surface area contributed by atoms with Crippen LogP contribution in [0.4, 0.5) is 14.5 Å². The number of benzene rings is 1. The second-order valence-corrected chi connectivity index (χ2v) is 4.74. The average molecular weight is 312 g/mol. The highest BCUT2D eigenvalue weighted by molar-refractivity contribution is 5.27. The first kappa shape index (κ1) is 17.7. The molecular weight excluding hydrogens is 294 g/mol. The van der Waals surface area contributed by atoms with E-state index in [1.165, 1.54) is 12.1 Å². The third-order valence-corrected chi connectivity index (χ3v) is 3.05. The van der Waals surface area contributed by atoms with Gasteiger partial charge >= 0.3 is 6.55 Å². The van der Waals surface area contributed by atoms with Gasteiger partial charge in [0, 0.05) is 18.6 Å². The molecule has 0 spiro atoms. The maximum absolute atomic E-state index is 12.3. The molecule has 0 saturated heterocycles. The largest absolute Gasteiger partial charge is 0.321 e. The van der Waals surface area contributed by atoms with Gasteiger partial charge in [0.25, 0.3) is 5.69 Å². The fourth-order valence-corrected chi connectivity index (χ4v) is 1.58. The van der Waals surface area contributed by atoms with Gasteiger partial charge in [-0.3, -0.25) is 14.7 Å². The van der Waals surface area contributed by atoms with Crippen LogP contribution in [0.2, 0.25) is 0 Å². The van der Waals surface area contributed by atoms with E-state index in [-0.39, 0.29) is 5.69 Å². The van der Waals surface area contributed by atoms with Crippen molar-refractivity contribution in [2.24, 2.45) is 5.92 Å². The maximum Gasteiger partial charge on any atom is 0.321 e. The van der Waals surface area contributed by atoms with Gasteiger partial charge in [-0.25, -0.2) is 0 Å². The van der Waals surface area contributed by atoms with E-state index in [2.05, 4.69) is 10.2 Å². The molecule has 0 fully saturated rings. The van der Waals surface area contributed by atoms with Crippen LogP contribution >= 0.6 is 0 Å². The number of hydrogen-bond donors (Lipinski definition) is 0. The molecule has 0 bridgehead atoms. The molecule has 120 valence electrons. The van der Waals surface area contributed by atoms with Gasteiger partial charge in [-0.1, -0.05) is 38.5 Å². The van der Waals surface area contributed by atoms with Gasteiger partial charge in [-0.15, -0.1) is 10.2 Å². The highest BCUT2D eigenvalue weighted by atomic mass is 19.3. The van der Waals surface area contributed by atoms with Crippen molar-refractivity contribution in [3.8, 4) is 0 Å². The Morgan fingerprint density at radius 2 is 1.95 bits per heavy atom. The summed E-state index contributed by atoms with van der Waals surface area (Å²) in [5.74, 6) is 0.728. The molecule has 1 unspecified atom stereocenters. The topological polar surface area (TPSA) is 73.8 Å². The maximum atomic E-state index is 12.3. The first-order valence-corrected chi connectivity index (χ1v) is 6.81. The number of hydrogen-bond acceptors (Lipinski definition) is 4. The van der Waals surface area contributed by atoms with Crippen molar-refractivity contribution < 1.29 is 13.7 Å². The molecule has 0 radical (unpaired) electrons. The minimum Gasteiger partial charge on any atom is -0.259 e. The van der Waals surface area contributed by atoms with Crippen molar-refractivity contribution in [3.63, 3.8) is 0 Å². The molecule has 1 heterocycles. The van der Waals surface area contributed by atoms with Crippen LogP contribution < -0.4 is 0 Å². The van der Waals surface area contributed by atoms with Gasteiger partial charge in [0.1, 0.15) is 12.2 Å². The molecule has 0 aliphatic carbocycles. The zero-order chi connectivity index (χ0) is 16.5. The van der Waals surface area contributed by atoms with Gasteiger partial charge in [0.05, 0.1) is 4.92 Å². The van der Waals surface area contributed by atoms with Gasteiger partial charge in [-0.05, 0) is 5.92 Å². The van der Waals surface area contributed by atoms with Gasteiger partial charge in [0.15, 0.2) is 0 Å². The van der Waals surface area contributed by atoms with Gasteiger partial charge in [0.2, 0.25) is 0 Å². The van der Waals surface area contributed by atoms with Gasteiger partial charge in [-0.2, -0.15) is 8.78 Å². The zero-order valence-electron chi connectivity index (χ0n) is 12.4. The second-order valence-electron chi connectivity index (χ2n) is 4.74. The number of halogens is 2. The third-order valence-electron chi connectivity index (χ3n) is 3.05. The normalized spacial score (nSPS) is 11.7. The molecule has 0 aliphatic rings. The van der Waals surface area contributed by atoms with Crippen LogP contribution in [-0.2, 0) is 6.42 Å². The standard InChI is InChI=1S/C8H13F2N3.C6H5NO2/c1-3-6(2)4-7-12-11-5-13(7)8(9)10;8-7(9)6-4-2-1-3-5-6/h5-6,8H,3-4H2,1-2H3;1-5H. The lowest BCUT2D eigenvalue weighted by molar-refractivity contribution is -0.384. The Bertz CT molecular complexity index is 575. The van der Waals surface area contributed by atoms with E-state index in [1.807, 2.05) is 13.8 Å². The molecule has 0 aliphatic heterocycles. The number of non-ortho nitro benzene ring substituents is 1. The molecule has 2 aromatic rings. The number of para-hydroxylation sites is 1. The Morgan fingerprint density at radius 3 is 2.41 bits per heavy atom. The predicted octanol–water partition coefficient (Wildman–Crippen LogP) is 3.86. The lowest BCUT2D eigenvalue weighted by atomic mass is 10.1. The van der Waals surface area contributed by atoms with Crippen LogP contribution in [0.1, 0.15) is 32.6 Å². The number of nitrogens with zero attached hydrogens (tertiary/aromatic N) is 4. The van der Waals surface area contributed by atoms with Crippen molar-refractivity contribution in [1.82, 2.24) is 14.8 Å². The van der Waals surface area contributed by atoms with Crippen LogP contribution in [0.15, 0.2) is 36.7 Å². The van der Waals surface area contributed by atoms with Crippen LogP contribution in [0.25, 0.3) is 0 Å². The van der Waals surface area contributed by atoms with Crippen LogP contribution in [0.5, 0.6) is 0 Å². The highest BCUT2D eigenvalue weighted by Crippen LogP contribution is 2.15. The first-order valence-electron chi connectivity index (χ1n) is 6.81. The predicted molar refractivity (Wildman–Crippen MR) is 77.5 cm³/mol. The molecule has 1 aromatic carbocycles. The molecule has 0 saturated carbocycles. The van der Waals surface area contributed by atoms with E-state index in [9.17, 15) is 18.9 Å². The smallest absolute Gasteiger partial charge is 0.259 e. The third kappa shape index (κ3) is 5.55. The van der Waals surface area contributed by atoms with Crippen molar-refractivity contribution in [2.75, 3.05) is 0 Å². The highest BCUT2D eigenvalue weighted by Gasteiger charge is 2.14. The summed E-state index contributed by atoms with van der Waals surface area (Å²) in [4.78, 5) is 9.59. The molecular formula is C14H18F2N4O2. The summed E-state index contributed by atoms with van der Waals surface area (Å²) in [6, 6.07) is 7.93. The minimum atomic E-state index is -2.53. The Balaban J connectivity index is 0.000000235. The summed E-state index contributed by atoms with van der Waals surface area (Å²) in [5, 5.41) is 17.1. The molecule has 1 atom stereocenters. The lowest BCUT2D eigenvalue weighted by Crippen LogP contribution is -2.07. The van der Waals surface area contributed by atoms with E-state index >= 15 is 0 Å². The average Bonchev–Trinajstić information content (AvgIpc) is 2.97. The molecule has 2 rings (SSSR count). The van der Waals surface area contributed by atoms with Crippen LogP contribution in [0, 0.1) is 16.0 Å². The summed E-state index contributed by atoms with van der Waals surface area (Å²) < 4.78 is 25.4.